The molecule has 0 aliphatic heterocycles. The van der Waals surface area contributed by atoms with E-state index in [4.69, 9.17) is 0 Å². The number of nitrogens with one attached hydrogen (secondary N) is 2. The summed E-state index contributed by atoms with van der Waals surface area (Å²) >= 11 is 0. The summed E-state index contributed by atoms with van der Waals surface area (Å²) in [5, 5.41) is 7.23. The molecule has 0 fully saturated rings. The molecule has 0 aliphatic rings. The molecule has 3 rings (SSSR count). The van der Waals surface area contributed by atoms with Crippen molar-refractivity contribution in [3.8, 4) is 0 Å². The van der Waals surface area contributed by atoms with E-state index in [-0.39, 0.29) is 5.91 Å². The van der Waals surface area contributed by atoms with Gasteiger partial charge in [0.2, 0.25) is 0 Å². The molecule has 1 aromatic carbocycles. The molecule has 5 nitrogen and oxygen atoms in total. The summed E-state index contributed by atoms with van der Waals surface area (Å²) in [5.41, 5.74) is 1.95. The van der Waals surface area contributed by atoms with E-state index in [1.807, 2.05) is 18.2 Å². The number of aromatic nitrogens is 2. The van der Waals surface area contributed by atoms with Crippen LogP contribution in [0, 0.1) is 0 Å². The number of H-pyrrole nitrogens is 1. The quantitative estimate of drug-likeness (QED) is 0.706. The van der Waals surface area contributed by atoms with E-state index in [9.17, 15) is 4.79 Å². The van der Waals surface area contributed by atoms with Crippen LogP contribution in [0.4, 0.5) is 5.69 Å². The van der Waals surface area contributed by atoms with E-state index in [1.165, 1.54) is 12.5 Å². The number of amides is 1. The van der Waals surface area contributed by atoms with Crippen LogP contribution in [0.15, 0.2) is 47.4 Å². The number of hydrogen-bond donors (Lipinski definition) is 2. The van der Waals surface area contributed by atoms with Crippen molar-refractivity contribution in [1.29, 1.82) is 0 Å². The lowest BCUT2D eigenvalue weighted by atomic mass is 10.1. The lowest BCUT2D eigenvalue weighted by molar-refractivity contribution is 0.102. The Bertz CT molecular complexity index is 655. The zero-order valence-corrected chi connectivity index (χ0v) is 8.81. The maximum Gasteiger partial charge on any atom is 0.257 e. The van der Waals surface area contributed by atoms with E-state index in [1.54, 1.807) is 12.3 Å². The van der Waals surface area contributed by atoms with Gasteiger partial charge in [0.1, 0.15) is 12.0 Å². The summed E-state index contributed by atoms with van der Waals surface area (Å²) in [6.07, 6.45) is 4.64. The van der Waals surface area contributed by atoms with E-state index in [2.05, 4.69) is 20.0 Å². The van der Waals surface area contributed by atoms with Crippen LogP contribution in [-0.2, 0) is 0 Å². The molecule has 2 heterocycles. The normalized spacial score (nSPS) is 10.6. The first-order valence-corrected chi connectivity index (χ1v) is 5.11. The fourth-order valence-electron chi connectivity index (χ4n) is 1.74. The molecular formula is C12H9N3O2. The Balaban J connectivity index is 1.98. The molecular weight excluding hydrogens is 218 g/mol. The second kappa shape index (κ2) is 3.79. The number of carbonyl (C=O) groups excluding carboxylic acids is 1. The predicted octanol–water partition coefficient (Wildman–Crippen LogP) is 2.41. The van der Waals surface area contributed by atoms with Gasteiger partial charge < -0.3 is 14.8 Å². The molecule has 84 valence electrons. The van der Waals surface area contributed by atoms with Crippen molar-refractivity contribution in [3.63, 3.8) is 0 Å². The third-order valence-electron chi connectivity index (χ3n) is 2.52. The lowest BCUT2D eigenvalue weighted by Gasteiger charge is -2.03. The first kappa shape index (κ1) is 9.65. The maximum atomic E-state index is 12.0. The number of benzene rings is 1. The molecule has 2 aromatic heterocycles. The highest BCUT2D eigenvalue weighted by molar-refractivity contribution is 6.11. The van der Waals surface area contributed by atoms with Crippen molar-refractivity contribution in [2.24, 2.45) is 0 Å². The SMILES string of the molecule is O=C(Nc1cnoc1)c1cccc2cc[nH]c12. The van der Waals surface area contributed by atoms with Gasteiger partial charge in [-0.15, -0.1) is 0 Å². The van der Waals surface area contributed by atoms with E-state index in [0.29, 0.717) is 11.3 Å². The molecule has 0 unspecified atom stereocenters. The molecule has 2 N–H and O–H groups in total. The number of aromatic amines is 1. The van der Waals surface area contributed by atoms with Gasteiger partial charge in [0.15, 0.2) is 0 Å². The highest BCUT2D eigenvalue weighted by Crippen LogP contribution is 2.18. The zero-order valence-electron chi connectivity index (χ0n) is 8.81. The third-order valence-corrected chi connectivity index (χ3v) is 2.52. The topological polar surface area (TPSA) is 70.9 Å². The van der Waals surface area contributed by atoms with Crippen LogP contribution in [0.25, 0.3) is 10.9 Å². The van der Waals surface area contributed by atoms with Gasteiger partial charge in [-0.25, -0.2) is 0 Å². The van der Waals surface area contributed by atoms with Gasteiger partial charge in [-0.05, 0) is 12.1 Å². The smallest absolute Gasteiger partial charge is 0.257 e. The van der Waals surface area contributed by atoms with Crippen molar-refractivity contribution in [2.45, 2.75) is 0 Å². The van der Waals surface area contributed by atoms with Crippen LogP contribution >= 0.6 is 0 Å². The Labute approximate surface area is 96.4 Å². The van der Waals surface area contributed by atoms with E-state index < -0.39 is 0 Å². The minimum atomic E-state index is -0.193. The first-order valence-electron chi connectivity index (χ1n) is 5.11. The van der Waals surface area contributed by atoms with Gasteiger partial charge >= 0.3 is 0 Å². The van der Waals surface area contributed by atoms with Crippen molar-refractivity contribution < 1.29 is 9.32 Å². The number of para-hydroxylation sites is 1. The summed E-state index contributed by atoms with van der Waals surface area (Å²) in [6, 6.07) is 7.48. The Kier molecular flexibility index (Phi) is 2.15. The Morgan fingerprint density at radius 1 is 1.35 bits per heavy atom. The Hall–Kier alpha value is -2.56. The maximum absolute atomic E-state index is 12.0. The first-order chi connectivity index (χ1) is 8.34. The monoisotopic (exact) mass is 227 g/mol. The van der Waals surface area contributed by atoms with Gasteiger partial charge in [-0.2, -0.15) is 0 Å². The number of nitrogens with zero attached hydrogens (tertiary/aromatic N) is 1. The van der Waals surface area contributed by atoms with Gasteiger partial charge in [0, 0.05) is 11.6 Å². The van der Waals surface area contributed by atoms with Crippen LogP contribution in [-0.4, -0.2) is 16.0 Å². The number of carbonyl (C=O) groups is 1. The van der Waals surface area contributed by atoms with Crippen molar-refractivity contribution >= 4 is 22.5 Å². The molecule has 0 spiro atoms. The third kappa shape index (κ3) is 1.67. The summed E-state index contributed by atoms with van der Waals surface area (Å²) in [5.74, 6) is -0.193. The standard InChI is InChI=1S/C12H9N3O2/c16-12(15-9-6-14-17-7-9)10-3-1-2-8-4-5-13-11(8)10/h1-7,13H,(H,15,16). The van der Waals surface area contributed by atoms with Crippen LogP contribution in [0.3, 0.4) is 0 Å². The van der Waals surface area contributed by atoms with Crippen LogP contribution in [0.2, 0.25) is 0 Å². The molecule has 0 saturated carbocycles. The molecule has 0 radical (unpaired) electrons. The van der Waals surface area contributed by atoms with Gasteiger partial charge in [-0.3, -0.25) is 4.79 Å². The second-order valence-corrected chi connectivity index (χ2v) is 3.61. The largest absolute Gasteiger partial charge is 0.363 e. The molecule has 1 amide bonds. The zero-order chi connectivity index (χ0) is 11.7. The fraction of sp³-hybridized carbons (Fsp3) is 0. The lowest BCUT2D eigenvalue weighted by Crippen LogP contribution is -2.11. The molecule has 0 bridgehead atoms. The molecule has 3 aromatic rings. The average molecular weight is 227 g/mol. The van der Waals surface area contributed by atoms with E-state index >= 15 is 0 Å². The molecule has 5 heteroatoms. The molecule has 0 aliphatic carbocycles. The second-order valence-electron chi connectivity index (χ2n) is 3.61. The summed E-state index contributed by atoms with van der Waals surface area (Å²) in [4.78, 5) is 15.1. The van der Waals surface area contributed by atoms with Gasteiger partial charge in [0.25, 0.3) is 5.91 Å². The van der Waals surface area contributed by atoms with Crippen molar-refractivity contribution in [1.82, 2.24) is 10.1 Å². The Morgan fingerprint density at radius 2 is 2.29 bits per heavy atom. The number of anilines is 1. The van der Waals surface area contributed by atoms with E-state index in [0.717, 1.165) is 10.9 Å². The van der Waals surface area contributed by atoms with Crippen molar-refractivity contribution in [2.75, 3.05) is 5.32 Å². The fourth-order valence-corrected chi connectivity index (χ4v) is 1.74. The van der Waals surface area contributed by atoms with Crippen molar-refractivity contribution in [3.05, 3.63) is 48.5 Å². The predicted molar refractivity (Wildman–Crippen MR) is 62.8 cm³/mol. The molecule has 0 saturated heterocycles. The van der Waals surface area contributed by atoms with Gasteiger partial charge in [0.05, 0.1) is 17.3 Å². The minimum absolute atomic E-state index is 0.193. The Morgan fingerprint density at radius 3 is 3.12 bits per heavy atom. The molecule has 0 atom stereocenters. The highest BCUT2D eigenvalue weighted by Gasteiger charge is 2.11. The highest BCUT2D eigenvalue weighted by atomic mass is 16.5. The molecule has 17 heavy (non-hydrogen) atoms. The number of rotatable bonds is 2. The van der Waals surface area contributed by atoms with Crippen LogP contribution < -0.4 is 5.32 Å². The van der Waals surface area contributed by atoms with Gasteiger partial charge in [-0.1, -0.05) is 17.3 Å². The summed E-state index contributed by atoms with van der Waals surface area (Å²) in [6.45, 7) is 0. The summed E-state index contributed by atoms with van der Waals surface area (Å²) < 4.78 is 4.65. The number of fused-ring (bicyclic) bond motifs is 1. The minimum Gasteiger partial charge on any atom is -0.363 e. The average Bonchev–Trinajstić information content (AvgIpc) is 2.97. The van der Waals surface area contributed by atoms with Crippen LogP contribution in [0.5, 0.6) is 0 Å². The van der Waals surface area contributed by atoms with Crippen LogP contribution in [0.1, 0.15) is 10.4 Å². The number of hydrogen-bond acceptors (Lipinski definition) is 3. The summed E-state index contributed by atoms with van der Waals surface area (Å²) in [7, 11) is 0.